The number of amides is 2. The van der Waals surface area contributed by atoms with Crippen molar-refractivity contribution in [2.24, 2.45) is 0 Å². The molecule has 2 rings (SSSR count). The van der Waals surface area contributed by atoms with Crippen LogP contribution in [0.25, 0.3) is 0 Å². The molecule has 14 heavy (non-hydrogen) atoms. The van der Waals surface area contributed by atoms with Crippen LogP contribution in [0.3, 0.4) is 0 Å². The Morgan fingerprint density at radius 1 is 1.29 bits per heavy atom. The van der Waals surface area contributed by atoms with Crippen LogP contribution in [0.1, 0.15) is 20.7 Å². The molecule has 0 saturated carbocycles. The van der Waals surface area contributed by atoms with E-state index in [0.717, 1.165) is 0 Å². The van der Waals surface area contributed by atoms with Crippen LogP contribution in [0.2, 0.25) is 0 Å². The van der Waals surface area contributed by atoms with Gasteiger partial charge in [0.15, 0.2) is 0 Å². The normalized spacial score (nSPS) is 13.8. The van der Waals surface area contributed by atoms with Gasteiger partial charge in [-0.05, 0) is 6.07 Å². The SMILES string of the molecule is COc1cc(O)cc2c1C(=O)NC2=O. The molecule has 0 atom stereocenters. The number of imide groups is 1. The predicted molar refractivity (Wildman–Crippen MR) is 46.5 cm³/mol. The Kier molecular flexibility index (Phi) is 1.67. The number of hydrogen-bond acceptors (Lipinski definition) is 4. The molecule has 1 aliphatic heterocycles. The lowest BCUT2D eigenvalue weighted by Crippen LogP contribution is -2.20. The van der Waals surface area contributed by atoms with Gasteiger partial charge in [-0.15, -0.1) is 0 Å². The number of aromatic hydroxyl groups is 1. The number of phenolic OH excluding ortho intramolecular Hbond substituents is 1. The number of benzene rings is 1. The van der Waals surface area contributed by atoms with Gasteiger partial charge in [-0.3, -0.25) is 14.9 Å². The van der Waals surface area contributed by atoms with E-state index in [-0.39, 0.29) is 22.6 Å². The highest BCUT2D eigenvalue weighted by atomic mass is 16.5. The average Bonchev–Trinajstić information content (AvgIpc) is 2.41. The second kappa shape index (κ2) is 2.73. The Balaban J connectivity index is 2.73. The van der Waals surface area contributed by atoms with Crippen LogP contribution in [0.4, 0.5) is 0 Å². The Morgan fingerprint density at radius 2 is 2.00 bits per heavy atom. The van der Waals surface area contributed by atoms with E-state index in [9.17, 15) is 14.7 Å². The van der Waals surface area contributed by atoms with Gasteiger partial charge in [-0.1, -0.05) is 0 Å². The van der Waals surface area contributed by atoms with Crippen LogP contribution in [-0.2, 0) is 0 Å². The van der Waals surface area contributed by atoms with Crippen molar-refractivity contribution in [2.75, 3.05) is 7.11 Å². The summed E-state index contributed by atoms with van der Waals surface area (Å²) in [6.45, 7) is 0. The van der Waals surface area contributed by atoms with E-state index in [1.807, 2.05) is 0 Å². The lowest BCUT2D eigenvalue weighted by Gasteiger charge is -2.04. The number of nitrogens with one attached hydrogen (secondary N) is 1. The van der Waals surface area contributed by atoms with Crippen LogP contribution in [-0.4, -0.2) is 24.0 Å². The van der Waals surface area contributed by atoms with Crippen molar-refractivity contribution >= 4 is 11.8 Å². The van der Waals surface area contributed by atoms with Gasteiger partial charge >= 0.3 is 0 Å². The Morgan fingerprint density at radius 3 is 2.64 bits per heavy atom. The van der Waals surface area contributed by atoms with E-state index in [1.165, 1.54) is 19.2 Å². The van der Waals surface area contributed by atoms with Gasteiger partial charge in [-0.2, -0.15) is 0 Å². The van der Waals surface area contributed by atoms with E-state index in [2.05, 4.69) is 5.32 Å². The fourth-order valence-corrected chi connectivity index (χ4v) is 1.41. The zero-order valence-electron chi connectivity index (χ0n) is 7.33. The van der Waals surface area contributed by atoms with Gasteiger partial charge in [0.25, 0.3) is 11.8 Å². The van der Waals surface area contributed by atoms with E-state index in [0.29, 0.717) is 0 Å². The summed E-state index contributed by atoms with van der Waals surface area (Å²) < 4.78 is 4.88. The number of carbonyl (C=O) groups is 2. The molecule has 1 aliphatic rings. The average molecular weight is 193 g/mol. The third-order valence-corrected chi connectivity index (χ3v) is 2.01. The van der Waals surface area contributed by atoms with Crippen LogP contribution >= 0.6 is 0 Å². The van der Waals surface area contributed by atoms with E-state index < -0.39 is 11.8 Å². The molecule has 1 aromatic carbocycles. The summed E-state index contributed by atoms with van der Waals surface area (Å²) in [7, 11) is 1.37. The molecule has 0 radical (unpaired) electrons. The van der Waals surface area contributed by atoms with Crippen molar-refractivity contribution in [2.45, 2.75) is 0 Å². The highest BCUT2D eigenvalue weighted by Gasteiger charge is 2.30. The molecule has 0 spiro atoms. The van der Waals surface area contributed by atoms with Crippen molar-refractivity contribution in [1.82, 2.24) is 5.32 Å². The third kappa shape index (κ3) is 1.02. The number of carbonyl (C=O) groups excluding carboxylic acids is 2. The molecule has 72 valence electrons. The minimum absolute atomic E-state index is 0.106. The zero-order valence-corrected chi connectivity index (χ0v) is 7.33. The molecule has 0 aromatic heterocycles. The molecule has 5 heteroatoms. The highest BCUT2D eigenvalue weighted by Crippen LogP contribution is 2.30. The topological polar surface area (TPSA) is 75.6 Å². The molecule has 0 bridgehead atoms. The maximum Gasteiger partial charge on any atom is 0.262 e. The van der Waals surface area contributed by atoms with Crippen LogP contribution in [0.15, 0.2) is 12.1 Å². The fourth-order valence-electron chi connectivity index (χ4n) is 1.41. The van der Waals surface area contributed by atoms with Crippen LogP contribution in [0, 0.1) is 0 Å². The number of ether oxygens (including phenoxy) is 1. The summed E-state index contributed by atoms with van der Waals surface area (Å²) in [6, 6.07) is 2.52. The lowest BCUT2D eigenvalue weighted by atomic mass is 10.1. The fraction of sp³-hybridized carbons (Fsp3) is 0.111. The maximum absolute atomic E-state index is 11.3. The van der Waals surface area contributed by atoms with E-state index in [1.54, 1.807) is 0 Å². The molecule has 1 aromatic rings. The smallest absolute Gasteiger partial charge is 0.262 e. The third-order valence-electron chi connectivity index (χ3n) is 2.01. The number of phenols is 1. The van der Waals surface area contributed by atoms with E-state index >= 15 is 0 Å². The largest absolute Gasteiger partial charge is 0.508 e. The number of hydrogen-bond donors (Lipinski definition) is 2. The van der Waals surface area contributed by atoms with Gasteiger partial charge < -0.3 is 9.84 Å². The second-order valence-electron chi connectivity index (χ2n) is 2.85. The van der Waals surface area contributed by atoms with Crippen molar-refractivity contribution in [3.8, 4) is 11.5 Å². The summed E-state index contributed by atoms with van der Waals surface area (Å²) >= 11 is 0. The number of fused-ring (bicyclic) bond motifs is 1. The molecular weight excluding hydrogens is 186 g/mol. The second-order valence-corrected chi connectivity index (χ2v) is 2.85. The van der Waals surface area contributed by atoms with Gasteiger partial charge in [-0.25, -0.2) is 0 Å². The van der Waals surface area contributed by atoms with Crippen LogP contribution < -0.4 is 10.1 Å². The maximum atomic E-state index is 11.3. The molecule has 0 fully saturated rings. The summed E-state index contributed by atoms with van der Waals surface area (Å²) in [4.78, 5) is 22.5. The van der Waals surface area contributed by atoms with Crippen molar-refractivity contribution in [3.05, 3.63) is 23.3 Å². The lowest BCUT2D eigenvalue weighted by molar-refractivity contribution is 0.0879. The molecule has 5 nitrogen and oxygen atoms in total. The van der Waals surface area contributed by atoms with Crippen molar-refractivity contribution in [1.29, 1.82) is 0 Å². The monoisotopic (exact) mass is 193 g/mol. The van der Waals surface area contributed by atoms with Gasteiger partial charge in [0.2, 0.25) is 0 Å². The summed E-state index contributed by atoms with van der Waals surface area (Å²) in [5, 5.41) is 11.4. The predicted octanol–water partition coefficient (Wildman–Crippen LogP) is 0.284. The van der Waals surface area contributed by atoms with Crippen molar-refractivity contribution < 1.29 is 19.4 Å². The Labute approximate surface area is 79.3 Å². The van der Waals surface area contributed by atoms with Crippen molar-refractivity contribution in [3.63, 3.8) is 0 Å². The Hall–Kier alpha value is -2.04. The minimum atomic E-state index is -0.515. The molecule has 1 heterocycles. The quantitative estimate of drug-likeness (QED) is 0.628. The molecule has 0 saturated heterocycles. The standard InChI is InChI=1S/C9H7NO4/c1-14-6-3-4(11)2-5-7(6)9(13)10-8(5)12/h2-3,11H,1H3,(H,10,12,13). The van der Waals surface area contributed by atoms with Gasteiger partial charge in [0, 0.05) is 6.07 Å². The zero-order chi connectivity index (χ0) is 10.3. The minimum Gasteiger partial charge on any atom is -0.508 e. The number of methoxy groups -OCH3 is 1. The molecule has 2 N–H and O–H groups in total. The van der Waals surface area contributed by atoms with Crippen LogP contribution in [0.5, 0.6) is 11.5 Å². The molecule has 2 amide bonds. The number of rotatable bonds is 1. The summed E-state index contributed by atoms with van der Waals surface area (Å²) in [5.41, 5.74) is 0.321. The first-order valence-corrected chi connectivity index (χ1v) is 3.90. The molecule has 0 aliphatic carbocycles. The first-order valence-electron chi connectivity index (χ1n) is 3.90. The van der Waals surface area contributed by atoms with Gasteiger partial charge in [0.05, 0.1) is 18.2 Å². The Bertz CT molecular complexity index is 439. The molecule has 0 unspecified atom stereocenters. The first kappa shape index (κ1) is 8.55. The van der Waals surface area contributed by atoms with E-state index in [4.69, 9.17) is 4.74 Å². The first-order chi connectivity index (χ1) is 6.63. The molecular formula is C9H7NO4. The highest BCUT2D eigenvalue weighted by molar-refractivity contribution is 6.22. The van der Waals surface area contributed by atoms with Gasteiger partial charge in [0.1, 0.15) is 11.5 Å². The summed E-state index contributed by atoms with van der Waals surface area (Å²) in [5.74, 6) is -0.921. The summed E-state index contributed by atoms with van der Waals surface area (Å²) in [6.07, 6.45) is 0.